The molecule has 2 saturated heterocycles. The maximum absolute atomic E-state index is 12.9. The predicted molar refractivity (Wildman–Crippen MR) is 133 cm³/mol. The summed E-state index contributed by atoms with van der Waals surface area (Å²) in [6, 6.07) is 4.01. The molecule has 2 heterocycles. The molecule has 2 aliphatic rings. The summed E-state index contributed by atoms with van der Waals surface area (Å²) in [5.41, 5.74) is 2.94. The fourth-order valence-electron chi connectivity index (χ4n) is 5.13. The summed E-state index contributed by atoms with van der Waals surface area (Å²) in [6.45, 7) is 14.3. The second-order valence-corrected chi connectivity index (χ2v) is 10.2. The molecule has 2 fully saturated rings. The standard InChI is InChI=1S/C26H40ClN3O3/c1-6-20(7-2)26(32)30-10-9-29(15-17(30)3)16-22-12-23(27)14-24(18(22)4)28-25(31)13-21-8-11-33-19(21)5/h12,14,17,19-21H,6-11,13,15-16H2,1-5H3,(H,28,31)/t17-,19?,21?/m0/s1. The number of carbonyl (C=O) groups excluding carboxylic acids is 2. The first kappa shape index (κ1) is 26.0. The topological polar surface area (TPSA) is 61.9 Å². The second kappa shape index (κ2) is 11.7. The van der Waals surface area contributed by atoms with E-state index in [1.54, 1.807) is 0 Å². The van der Waals surface area contributed by atoms with Crippen molar-refractivity contribution >= 4 is 29.1 Å². The molecule has 3 atom stereocenters. The van der Waals surface area contributed by atoms with E-state index in [-0.39, 0.29) is 35.8 Å². The van der Waals surface area contributed by atoms with E-state index in [9.17, 15) is 9.59 Å². The molecule has 0 saturated carbocycles. The molecule has 33 heavy (non-hydrogen) atoms. The number of nitrogens with one attached hydrogen (secondary N) is 1. The first-order valence-electron chi connectivity index (χ1n) is 12.5. The van der Waals surface area contributed by atoms with Gasteiger partial charge in [0.25, 0.3) is 0 Å². The molecule has 0 radical (unpaired) electrons. The monoisotopic (exact) mass is 477 g/mol. The molecule has 1 N–H and O–H groups in total. The Kier molecular flexibility index (Phi) is 9.19. The minimum atomic E-state index is 0.0100. The number of hydrogen-bond donors (Lipinski definition) is 1. The van der Waals surface area contributed by atoms with E-state index in [4.69, 9.17) is 16.3 Å². The van der Waals surface area contributed by atoms with Gasteiger partial charge in [0.1, 0.15) is 0 Å². The van der Waals surface area contributed by atoms with Crippen LogP contribution in [0.15, 0.2) is 12.1 Å². The molecule has 0 bridgehead atoms. The summed E-state index contributed by atoms with van der Waals surface area (Å²) < 4.78 is 5.59. The highest BCUT2D eigenvalue weighted by molar-refractivity contribution is 6.31. The summed E-state index contributed by atoms with van der Waals surface area (Å²) in [4.78, 5) is 30.0. The number of carbonyl (C=O) groups is 2. The van der Waals surface area contributed by atoms with Crippen molar-refractivity contribution in [3.05, 3.63) is 28.3 Å². The van der Waals surface area contributed by atoms with Gasteiger partial charge in [0.15, 0.2) is 0 Å². The molecule has 2 aliphatic heterocycles. The molecular weight excluding hydrogens is 438 g/mol. The normalized spacial score (nSPS) is 23.8. The quantitative estimate of drug-likeness (QED) is 0.580. The molecule has 1 aromatic carbocycles. The average molecular weight is 478 g/mol. The summed E-state index contributed by atoms with van der Waals surface area (Å²) in [5.74, 6) is 0.692. The van der Waals surface area contributed by atoms with E-state index in [0.29, 0.717) is 11.4 Å². The highest BCUT2D eigenvalue weighted by Gasteiger charge is 2.31. The van der Waals surface area contributed by atoms with E-state index in [0.717, 1.165) is 68.9 Å². The fourth-order valence-corrected chi connectivity index (χ4v) is 5.37. The fraction of sp³-hybridized carbons (Fsp3) is 0.692. The van der Waals surface area contributed by atoms with Crippen molar-refractivity contribution in [1.29, 1.82) is 0 Å². The Bertz CT molecular complexity index is 842. The van der Waals surface area contributed by atoms with Gasteiger partial charge in [-0.2, -0.15) is 0 Å². The zero-order valence-corrected chi connectivity index (χ0v) is 21.6. The molecule has 2 amide bonds. The number of piperazine rings is 1. The number of nitrogens with zero attached hydrogens (tertiary/aromatic N) is 2. The van der Waals surface area contributed by atoms with Crippen molar-refractivity contribution < 1.29 is 14.3 Å². The van der Waals surface area contributed by atoms with Crippen molar-refractivity contribution in [3.8, 4) is 0 Å². The van der Waals surface area contributed by atoms with Crippen LogP contribution in [0.4, 0.5) is 5.69 Å². The summed E-state index contributed by atoms with van der Waals surface area (Å²) in [5, 5.41) is 3.71. The minimum absolute atomic E-state index is 0.0100. The lowest BCUT2D eigenvalue weighted by molar-refractivity contribution is -0.140. The lowest BCUT2D eigenvalue weighted by Gasteiger charge is -2.41. The number of amides is 2. The molecule has 1 aromatic rings. The van der Waals surface area contributed by atoms with E-state index in [2.05, 4.69) is 35.9 Å². The maximum atomic E-state index is 12.9. The van der Waals surface area contributed by atoms with Gasteiger partial charge in [-0.25, -0.2) is 0 Å². The van der Waals surface area contributed by atoms with Crippen molar-refractivity contribution in [1.82, 2.24) is 9.80 Å². The zero-order chi connectivity index (χ0) is 24.1. The van der Waals surface area contributed by atoms with Crippen molar-refractivity contribution in [3.63, 3.8) is 0 Å². The number of rotatable bonds is 8. The van der Waals surface area contributed by atoms with Crippen LogP contribution in [0.25, 0.3) is 0 Å². The highest BCUT2D eigenvalue weighted by atomic mass is 35.5. The van der Waals surface area contributed by atoms with Gasteiger partial charge in [-0.1, -0.05) is 25.4 Å². The maximum Gasteiger partial charge on any atom is 0.225 e. The third kappa shape index (κ3) is 6.49. The van der Waals surface area contributed by atoms with Gasteiger partial charge >= 0.3 is 0 Å². The van der Waals surface area contributed by atoms with Gasteiger partial charge < -0.3 is 15.0 Å². The smallest absolute Gasteiger partial charge is 0.225 e. The van der Waals surface area contributed by atoms with Gasteiger partial charge in [0.05, 0.1) is 6.10 Å². The Hall–Kier alpha value is -1.63. The zero-order valence-electron chi connectivity index (χ0n) is 20.8. The van der Waals surface area contributed by atoms with Gasteiger partial charge in [0, 0.05) is 61.9 Å². The second-order valence-electron chi connectivity index (χ2n) is 9.74. The Labute approximate surface area is 204 Å². The lowest BCUT2D eigenvalue weighted by atomic mass is 9.98. The molecule has 184 valence electrons. The van der Waals surface area contributed by atoms with Crippen molar-refractivity contribution in [2.45, 2.75) is 79.0 Å². The Morgan fingerprint density at radius 1 is 1.21 bits per heavy atom. The number of anilines is 1. The summed E-state index contributed by atoms with van der Waals surface area (Å²) in [7, 11) is 0. The summed E-state index contributed by atoms with van der Waals surface area (Å²) in [6.07, 6.45) is 3.31. The van der Waals surface area contributed by atoms with Crippen LogP contribution < -0.4 is 5.32 Å². The first-order chi connectivity index (χ1) is 15.7. The van der Waals surface area contributed by atoms with Crippen molar-refractivity contribution in [2.24, 2.45) is 11.8 Å². The van der Waals surface area contributed by atoms with E-state index < -0.39 is 0 Å². The third-order valence-corrected chi connectivity index (χ3v) is 7.68. The Balaban J connectivity index is 1.63. The molecular formula is C26H40ClN3O3. The van der Waals surface area contributed by atoms with Crippen LogP contribution in [-0.2, 0) is 20.9 Å². The van der Waals surface area contributed by atoms with E-state index in [1.807, 2.05) is 26.0 Å². The summed E-state index contributed by atoms with van der Waals surface area (Å²) >= 11 is 6.43. The minimum Gasteiger partial charge on any atom is -0.378 e. The van der Waals surface area contributed by atoms with Crippen LogP contribution in [-0.4, -0.2) is 60.0 Å². The molecule has 0 aromatic heterocycles. The van der Waals surface area contributed by atoms with E-state index >= 15 is 0 Å². The molecule has 7 heteroatoms. The highest BCUT2D eigenvalue weighted by Crippen LogP contribution is 2.29. The largest absolute Gasteiger partial charge is 0.378 e. The molecule has 2 unspecified atom stereocenters. The molecule has 3 rings (SSSR count). The number of halogens is 1. The van der Waals surface area contributed by atoms with Gasteiger partial charge in [-0.15, -0.1) is 0 Å². The predicted octanol–water partition coefficient (Wildman–Crippen LogP) is 4.87. The van der Waals surface area contributed by atoms with Crippen LogP contribution in [0.2, 0.25) is 5.02 Å². The molecule has 0 aliphatic carbocycles. The van der Waals surface area contributed by atoms with Crippen LogP contribution >= 0.6 is 11.6 Å². The average Bonchev–Trinajstić information content (AvgIpc) is 3.16. The van der Waals surface area contributed by atoms with Gasteiger partial charge in [-0.05, 0) is 69.2 Å². The molecule has 0 spiro atoms. The SMILES string of the molecule is CCC(CC)C(=O)N1CCN(Cc2cc(Cl)cc(NC(=O)CC3CCOC3C)c2C)C[C@@H]1C. The van der Waals surface area contributed by atoms with E-state index in [1.165, 1.54) is 0 Å². The van der Waals surface area contributed by atoms with Gasteiger partial charge in [-0.3, -0.25) is 14.5 Å². The first-order valence-corrected chi connectivity index (χ1v) is 12.8. The number of hydrogen-bond acceptors (Lipinski definition) is 4. The van der Waals surface area contributed by atoms with Crippen LogP contribution in [0, 0.1) is 18.8 Å². The van der Waals surface area contributed by atoms with Crippen molar-refractivity contribution in [2.75, 3.05) is 31.6 Å². The Morgan fingerprint density at radius 3 is 2.55 bits per heavy atom. The van der Waals surface area contributed by atoms with Gasteiger partial charge in [0.2, 0.25) is 11.8 Å². The lowest BCUT2D eigenvalue weighted by Crippen LogP contribution is -2.55. The van der Waals surface area contributed by atoms with Crippen LogP contribution in [0.5, 0.6) is 0 Å². The number of ether oxygens (including phenoxy) is 1. The molecule has 6 nitrogen and oxygen atoms in total. The Morgan fingerprint density at radius 2 is 1.94 bits per heavy atom. The van der Waals surface area contributed by atoms with Crippen LogP contribution in [0.3, 0.4) is 0 Å². The third-order valence-electron chi connectivity index (χ3n) is 7.46. The van der Waals surface area contributed by atoms with Crippen LogP contribution in [0.1, 0.15) is 64.5 Å². The number of benzene rings is 1.